The molecule has 6 heteroatoms. The minimum atomic E-state index is 0.0756. The molecule has 2 aromatic rings. The van der Waals surface area contributed by atoms with Crippen LogP contribution in [0.3, 0.4) is 0 Å². The van der Waals surface area contributed by atoms with Gasteiger partial charge in [-0.15, -0.1) is 0 Å². The molecule has 2 aromatic heterocycles. The molecule has 3 rings (SSSR count). The molecule has 0 aromatic carbocycles. The molecule has 6 nitrogen and oxygen atoms in total. The van der Waals surface area contributed by atoms with Gasteiger partial charge in [-0.05, 0) is 19.4 Å². The third-order valence-corrected chi connectivity index (χ3v) is 2.88. The Hall–Kier alpha value is -2.08. The molecule has 0 radical (unpaired) electrons. The Morgan fingerprint density at radius 1 is 1.33 bits per heavy atom. The topological polar surface area (TPSA) is 90.7 Å². The first kappa shape index (κ1) is 11.0. The Labute approximate surface area is 104 Å². The molecular formula is C12H13N5O. The highest BCUT2D eigenvalue weighted by molar-refractivity contribution is 5.47. The summed E-state index contributed by atoms with van der Waals surface area (Å²) in [6, 6.07) is 1.84. The average molecular weight is 243 g/mol. The van der Waals surface area contributed by atoms with Crippen molar-refractivity contribution in [1.82, 2.24) is 20.1 Å². The normalized spacial score (nSPS) is 22.6. The van der Waals surface area contributed by atoms with Gasteiger partial charge in [-0.25, -0.2) is 9.97 Å². The minimum absolute atomic E-state index is 0.0756. The number of hydrogen-bond acceptors (Lipinski definition) is 6. The van der Waals surface area contributed by atoms with E-state index in [-0.39, 0.29) is 12.0 Å². The van der Waals surface area contributed by atoms with Gasteiger partial charge in [0.1, 0.15) is 11.5 Å². The maximum absolute atomic E-state index is 5.80. The van der Waals surface area contributed by atoms with Crippen LogP contribution in [0, 0.1) is 6.92 Å². The predicted molar refractivity (Wildman–Crippen MR) is 64.5 cm³/mol. The molecule has 2 atom stereocenters. The summed E-state index contributed by atoms with van der Waals surface area (Å²) in [5, 5.41) is 3.95. The van der Waals surface area contributed by atoms with E-state index < -0.39 is 0 Å². The lowest BCUT2D eigenvalue weighted by Crippen LogP contribution is -2.14. The summed E-state index contributed by atoms with van der Waals surface area (Å²) in [4.78, 5) is 12.7. The number of nitrogens with two attached hydrogens (primary N) is 1. The fraction of sp³-hybridized carbons (Fsp3) is 0.333. The molecule has 1 aliphatic carbocycles. The average Bonchev–Trinajstić information content (AvgIpc) is 2.97. The van der Waals surface area contributed by atoms with E-state index in [0.29, 0.717) is 23.2 Å². The third-order valence-electron chi connectivity index (χ3n) is 2.88. The lowest BCUT2D eigenvalue weighted by molar-refractivity contribution is 0.364. The molecule has 2 unspecified atom stereocenters. The molecule has 2 heterocycles. The van der Waals surface area contributed by atoms with Gasteiger partial charge >= 0.3 is 0 Å². The zero-order chi connectivity index (χ0) is 12.5. The lowest BCUT2D eigenvalue weighted by atomic mass is 10.1. The van der Waals surface area contributed by atoms with Crippen LogP contribution >= 0.6 is 0 Å². The van der Waals surface area contributed by atoms with Crippen LogP contribution in [0.4, 0.5) is 0 Å². The standard InChI is InChI=1S/C12H13N5O/c1-7-14-5-4-10(15-7)11-16-12(18-17-11)8-2-3-9(13)6-8/h2-5,8-9H,6,13H2,1H3. The lowest BCUT2D eigenvalue weighted by Gasteiger charge is -2.01. The van der Waals surface area contributed by atoms with Crippen molar-refractivity contribution in [2.24, 2.45) is 5.73 Å². The van der Waals surface area contributed by atoms with Gasteiger partial charge in [-0.2, -0.15) is 4.98 Å². The van der Waals surface area contributed by atoms with Gasteiger partial charge in [0, 0.05) is 12.2 Å². The SMILES string of the molecule is Cc1nccc(-c2noc(C3C=CC(N)C3)n2)n1. The van der Waals surface area contributed by atoms with Crippen molar-refractivity contribution < 1.29 is 4.52 Å². The van der Waals surface area contributed by atoms with Crippen molar-refractivity contribution in [1.29, 1.82) is 0 Å². The van der Waals surface area contributed by atoms with E-state index in [1.54, 1.807) is 12.3 Å². The van der Waals surface area contributed by atoms with Crippen LogP contribution in [0.1, 0.15) is 24.1 Å². The largest absolute Gasteiger partial charge is 0.338 e. The first-order chi connectivity index (χ1) is 8.72. The van der Waals surface area contributed by atoms with Crippen molar-refractivity contribution in [2.45, 2.75) is 25.3 Å². The summed E-state index contributed by atoms with van der Waals surface area (Å²) >= 11 is 0. The number of aryl methyl sites for hydroxylation is 1. The van der Waals surface area contributed by atoms with Crippen LogP contribution in [-0.4, -0.2) is 26.2 Å². The summed E-state index contributed by atoms with van der Waals surface area (Å²) in [7, 11) is 0. The van der Waals surface area contributed by atoms with E-state index in [0.717, 1.165) is 6.42 Å². The highest BCUT2D eigenvalue weighted by Crippen LogP contribution is 2.27. The molecule has 0 fully saturated rings. The zero-order valence-electron chi connectivity index (χ0n) is 9.95. The van der Waals surface area contributed by atoms with Gasteiger partial charge in [0.2, 0.25) is 11.7 Å². The van der Waals surface area contributed by atoms with E-state index in [2.05, 4.69) is 20.1 Å². The van der Waals surface area contributed by atoms with Crippen LogP contribution in [0.2, 0.25) is 0 Å². The molecule has 0 spiro atoms. The smallest absolute Gasteiger partial charge is 0.234 e. The summed E-state index contributed by atoms with van der Waals surface area (Å²) in [5.41, 5.74) is 6.47. The van der Waals surface area contributed by atoms with Gasteiger partial charge in [-0.3, -0.25) is 0 Å². The molecular weight excluding hydrogens is 230 g/mol. The van der Waals surface area contributed by atoms with E-state index in [1.807, 2.05) is 19.1 Å². The molecule has 92 valence electrons. The molecule has 0 bridgehead atoms. The van der Waals surface area contributed by atoms with Crippen molar-refractivity contribution in [2.75, 3.05) is 0 Å². The van der Waals surface area contributed by atoms with Gasteiger partial charge < -0.3 is 10.3 Å². The summed E-state index contributed by atoms with van der Waals surface area (Å²) in [5.74, 6) is 1.88. The number of rotatable bonds is 2. The Balaban J connectivity index is 1.88. The van der Waals surface area contributed by atoms with Gasteiger partial charge in [0.25, 0.3) is 0 Å². The monoisotopic (exact) mass is 243 g/mol. The van der Waals surface area contributed by atoms with Crippen LogP contribution in [-0.2, 0) is 0 Å². The summed E-state index contributed by atoms with van der Waals surface area (Å²) in [6.07, 6.45) is 6.46. The fourth-order valence-electron chi connectivity index (χ4n) is 1.98. The Kier molecular flexibility index (Phi) is 2.64. The van der Waals surface area contributed by atoms with Crippen molar-refractivity contribution in [3.05, 3.63) is 36.1 Å². The number of hydrogen-bond donors (Lipinski definition) is 1. The second kappa shape index (κ2) is 4.30. The third kappa shape index (κ3) is 2.02. The van der Waals surface area contributed by atoms with Crippen molar-refractivity contribution in [3.8, 4) is 11.5 Å². The van der Waals surface area contributed by atoms with Crippen LogP contribution in [0.5, 0.6) is 0 Å². The van der Waals surface area contributed by atoms with Gasteiger partial charge in [0.15, 0.2) is 0 Å². The molecule has 18 heavy (non-hydrogen) atoms. The fourth-order valence-corrected chi connectivity index (χ4v) is 1.98. The number of nitrogens with zero attached hydrogens (tertiary/aromatic N) is 4. The second-order valence-corrected chi connectivity index (χ2v) is 4.34. The van der Waals surface area contributed by atoms with Crippen molar-refractivity contribution >= 4 is 0 Å². The first-order valence-electron chi connectivity index (χ1n) is 5.80. The van der Waals surface area contributed by atoms with Crippen LogP contribution in [0.15, 0.2) is 28.9 Å². The molecule has 2 N–H and O–H groups in total. The maximum atomic E-state index is 5.80. The number of aromatic nitrogens is 4. The highest BCUT2D eigenvalue weighted by atomic mass is 16.5. The molecule has 0 saturated heterocycles. The molecule has 0 saturated carbocycles. The van der Waals surface area contributed by atoms with Crippen LogP contribution < -0.4 is 5.73 Å². The second-order valence-electron chi connectivity index (χ2n) is 4.34. The summed E-state index contributed by atoms with van der Waals surface area (Å²) < 4.78 is 5.26. The molecule has 1 aliphatic rings. The van der Waals surface area contributed by atoms with Gasteiger partial charge in [-0.1, -0.05) is 17.3 Å². The highest BCUT2D eigenvalue weighted by Gasteiger charge is 2.23. The Morgan fingerprint density at radius 2 is 2.22 bits per heavy atom. The quantitative estimate of drug-likeness (QED) is 0.797. The Morgan fingerprint density at radius 3 is 2.94 bits per heavy atom. The summed E-state index contributed by atoms with van der Waals surface area (Å²) in [6.45, 7) is 1.82. The van der Waals surface area contributed by atoms with E-state index in [1.165, 1.54) is 0 Å². The number of allylic oxidation sites excluding steroid dienone is 1. The maximum Gasteiger partial charge on any atom is 0.234 e. The predicted octanol–water partition coefficient (Wildman–Crippen LogP) is 1.21. The van der Waals surface area contributed by atoms with Crippen molar-refractivity contribution in [3.63, 3.8) is 0 Å². The molecule has 0 aliphatic heterocycles. The Bertz CT molecular complexity index is 592. The van der Waals surface area contributed by atoms with E-state index in [9.17, 15) is 0 Å². The van der Waals surface area contributed by atoms with E-state index >= 15 is 0 Å². The first-order valence-corrected chi connectivity index (χ1v) is 5.80. The van der Waals surface area contributed by atoms with E-state index in [4.69, 9.17) is 10.3 Å². The minimum Gasteiger partial charge on any atom is -0.338 e. The van der Waals surface area contributed by atoms with Crippen LogP contribution in [0.25, 0.3) is 11.5 Å². The zero-order valence-corrected chi connectivity index (χ0v) is 9.95. The van der Waals surface area contributed by atoms with Gasteiger partial charge in [0.05, 0.1) is 5.92 Å². The molecule has 0 amide bonds.